The van der Waals surface area contributed by atoms with E-state index in [2.05, 4.69) is 20.9 Å². The fraction of sp³-hybridized carbons (Fsp3) is 0.286. The minimum atomic E-state index is -0.106. The van der Waals surface area contributed by atoms with Crippen LogP contribution in [0.1, 0.15) is 19.4 Å². The van der Waals surface area contributed by atoms with Gasteiger partial charge in [0.2, 0.25) is 0 Å². The number of rotatable bonds is 3. The molecule has 0 aromatic heterocycles. The van der Waals surface area contributed by atoms with Gasteiger partial charge in [0.15, 0.2) is 5.17 Å². The van der Waals surface area contributed by atoms with E-state index >= 15 is 0 Å². The van der Waals surface area contributed by atoms with Crippen LogP contribution in [0.15, 0.2) is 26.5 Å². The summed E-state index contributed by atoms with van der Waals surface area (Å²) in [4.78, 5) is 18.8. The molecule has 0 spiro atoms. The number of nitrogens with zero attached hydrogens (tertiary/aromatic N) is 2. The highest BCUT2D eigenvalue weighted by molar-refractivity contribution is 9.10. The predicted molar refractivity (Wildman–Crippen MR) is 91.7 cm³/mol. The van der Waals surface area contributed by atoms with Crippen LogP contribution in [0, 0.1) is 0 Å². The molecule has 1 aliphatic heterocycles. The third-order valence-electron chi connectivity index (χ3n) is 2.84. The molecule has 7 heteroatoms. The molecular formula is C14H14BrClN2O2S. The zero-order valence-corrected chi connectivity index (χ0v) is 14.7. The van der Waals surface area contributed by atoms with Crippen molar-refractivity contribution >= 4 is 56.4 Å². The number of amides is 1. The Morgan fingerprint density at radius 3 is 2.81 bits per heavy atom. The Hall–Kier alpha value is -0.980. The Labute approximate surface area is 141 Å². The third-order valence-corrected chi connectivity index (χ3v) is 4.63. The zero-order chi connectivity index (χ0) is 15.6. The van der Waals surface area contributed by atoms with Crippen molar-refractivity contribution in [3.63, 3.8) is 0 Å². The minimum absolute atomic E-state index is 0.0373. The van der Waals surface area contributed by atoms with Gasteiger partial charge in [-0.3, -0.25) is 14.7 Å². The lowest BCUT2D eigenvalue weighted by atomic mass is 10.2. The lowest BCUT2D eigenvalue weighted by molar-refractivity contribution is -0.122. The molecule has 0 unspecified atom stereocenters. The zero-order valence-electron chi connectivity index (χ0n) is 11.6. The summed E-state index contributed by atoms with van der Waals surface area (Å²) in [7, 11) is 0. The summed E-state index contributed by atoms with van der Waals surface area (Å²) in [6.07, 6.45) is 1.64. The van der Waals surface area contributed by atoms with Crippen LogP contribution in [0.3, 0.4) is 0 Å². The first-order valence-corrected chi connectivity index (χ1v) is 8.40. The van der Waals surface area contributed by atoms with Gasteiger partial charge in [0.1, 0.15) is 5.75 Å². The van der Waals surface area contributed by atoms with Crippen LogP contribution in [0.4, 0.5) is 0 Å². The number of benzene rings is 1. The summed E-state index contributed by atoms with van der Waals surface area (Å²) in [5.41, 5.74) is 0.499. The van der Waals surface area contributed by atoms with Crippen LogP contribution < -0.4 is 0 Å². The highest BCUT2D eigenvalue weighted by Crippen LogP contribution is 2.37. The number of amidine groups is 1. The van der Waals surface area contributed by atoms with Crippen LogP contribution >= 0.6 is 39.3 Å². The molecule has 112 valence electrons. The lowest BCUT2D eigenvalue weighted by Crippen LogP contribution is -2.28. The molecular weight excluding hydrogens is 376 g/mol. The third kappa shape index (κ3) is 3.44. The fourth-order valence-corrected chi connectivity index (χ4v) is 3.81. The number of halogens is 2. The molecule has 1 heterocycles. The largest absolute Gasteiger partial charge is 0.506 e. The maximum absolute atomic E-state index is 12.3. The number of hydrogen-bond donors (Lipinski definition) is 1. The molecule has 1 aromatic rings. The second-order valence-electron chi connectivity index (χ2n) is 4.24. The number of thioether (sulfide) groups is 1. The van der Waals surface area contributed by atoms with Crippen molar-refractivity contribution in [2.45, 2.75) is 13.8 Å². The Kier molecular flexibility index (Phi) is 5.35. The van der Waals surface area contributed by atoms with Gasteiger partial charge in [-0.2, -0.15) is 0 Å². The second-order valence-corrected chi connectivity index (χ2v) is 6.57. The average molecular weight is 390 g/mol. The predicted octanol–water partition coefficient (Wildman–Crippen LogP) is 4.12. The van der Waals surface area contributed by atoms with E-state index < -0.39 is 0 Å². The summed E-state index contributed by atoms with van der Waals surface area (Å²) < 4.78 is 0.738. The van der Waals surface area contributed by atoms with Gasteiger partial charge >= 0.3 is 0 Å². The average Bonchev–Trinajstić information content (AvgIpc) is 2.72. The fourth-order valence-electron chi connectivity index (χ4n) is 1.88. The van der Waals surface area contributed by atoms with E-state index in [-0.39, 0.29) is 16.7 Å². The SMILES string of the molecule is CCN=C1S/C(=C/c2cc(Br)cc(Cl)c2O)C(=O)N1CC. The van der Waals surface area contributed by atoms with Crippen molar-refractivity contribution in [3.05, 3.63) is 32.1 Å². The molecule has 1 aromatic carbocycles. The van der Waals surface area contributed by atoms with Gasteiger partial charge in [-0.15, -0.1) is 0 Å². The summed E-state index contributed by atoms with van der Waals surface area (Å²) in [5.74, 6) is -0.144. The monoisotopic (exact) mass is 388 g/mol. The number of phenolic OH excluding ortho intramolecular Hbond substituents is 1. The van der Waals surface area contributed by atoms with Gasteiger partial charge in [0.25, 0.3) is 5.91 Å². The van der Waals surface area contributed by atoms with Crippen molar-refractivity contribution in [2.24, 2.45) is 4.99 Å². The molecule has 0 atom stereocenters. The molecule has 0 bridgehead atoms. The molecule has 2 rings (SSSR count). The van der Waals surface area contributed by atoms with Gasteiger partial charge in [-0.1, -0.05) is 27.5 Å². The molecule has 1 fully saturated rings. The Morgan fingerprint density at radius 2 is 2.19 bits per heavy atom. The number of carbonyl (C=O) groups is 1. The molecule has 1 saturated heterocycles. The number of phenols is 1. The van der Waals surface area contributed by atoms with E-state index in [0.717, 1.165) is 4.47 Å². The van der Waals surface area contributed by atoms with Crippen LogP contribution in [-0.4, -0.2) is 34.2 Å². The molecule has 1 aliphatic rings. The lowest BCUT2D eigenvalue weighted by Gasteiger charge is -2.11. The maximum atomic E-state index is 12.3. The quantitative estimate of drug-likeness (QED) is 0.791. The summed E-state index contributed by atoms with van der Waals surface area (Å²) in [6, 6.07) is 3.32. The molecule has 0 radical (unpaired) electrons. The number of aliphatic imine (C=N–C) groups is 1. The van der Waals surface area contributed by atoms with Crippen LogP contribution in [-0.2, 0) is 4.79 Å². The van der Waals surface area contributed by atoms with Crippen molar-refractivity contribution in [1.82, 2.24) is 4.90 Å². The van der Waals surface area contributed by atoms with Gasteiger partial charge in [0, 0.05) is 23.1 Å². The molecule has 4 nitrogen and oxygen atoms in total. The first-order chi connectivity index (χ1) is 9.97. The van der Waals surface area contributed by atoms with Crippen LogP contribution in [0.5, 0.6) is 5.75 Å². The van der Waals surface area contributed by atoms with E-state index in [4.69, 9.17) is 11.6 Å². The van der Waals surface area contributed by atoms with Gasteiger partial charge in [-0.25, -0.2) is 0 Å². The van der Waals surface area contributed by atoms with Crippen LogP contribution in [0.25, 0.3) is 6.08 Å². The summed E-state index contributed by atoms with van der Waals surface area (Å²) in [6.45, 7) is 5.01. The molecule has 0 saturated carbocycles. The van der Waals surface area contributed by atoms with Crippen molar-refractivity contribution < 1.29 is 9.90 Å². The van der Waals surface area contributed by atoms with Crippen molar-refractivity contribution in [1.29, 1.82) is 0 Å². The van der Waals surface area contributed by atoms with Crippen molar-refractivity contribution in [2.75, 3.05) is 13.1 Å². The second kappa shape index (κ2) is 6.85. The highest BCUT2D eigenvalue weighted by Gasteiger charge is 2.32. The van der Waals surface area contributed by atoms with E-state index in [0.29, 0.717) is 28.7 Å². The smallest absolute Gasteiger partial charge is 0.266 e. The highest BCUT2D eigenvalue weighted by atomic mass is 79.9. The number of carbonyl (C=O) groups excluding carboxylic acids is 1. The normalized spacial score (nSPS) is 19.0. The Bertz CT molecular complexity index is 646. The minimum Gasteiger partial charge on any atom is -0.506 e. The van der Waals surface area contributed by atoms with Gasteiger partial charge in [0.05, 0.1) is 9.93 Å². The van der Waals surface area contributed by atoms with Crippen LogP contribution in [0.2, 0.25) is 5.02 Å². The number of likely N-dealkylation sites (N-methyl/N-ethyl adjacent to an activating group) is 1. The van der Waals surface area contributed by atoms with Gasteiger partial charge < -0.3 is 5.11 Å². The van der Waals surface area contributed by atoms with Crippen molar-refractivity contribution in [3.8, 4) is 5.75 Å². The number of hydrogen-bond acceptors (Lipinski definition) is 4. The summed E-state index contributed by atoms with van der Waals surface area (Å²) in [5, 5.41) is 10.9. The Balaban J connectivity index is 2.43. The topological polar surface area (TPSA) is 52.9 Å². The molecule has 1 N–H and O–H groups in total. The Morgan fingerprint density at radius 1 is 1.48 bits per heavy atom. The van der Waals surface area contributed by atoms with E-state index in [1.807, 2.05) is 13.8 Å². The molecule has 0 aliphatic carbocycles. The first kappa shape index (κ1) is 16.4. The molecule has 21 heavy (non-hydrogen) atoms. The standard InChI is InChI=1S/C14H14BrClN2O2S/c1-3-17-14-18(4-2)13(20)11(21-14)6-8-5-9(15)7-10(16)12(8)19/h5-7,19H,3-4H2,1-2H3/b11-6+,17-14?. The van der Waals surface area contributed by atoms with Gasteiger partial charge in [-0.05, 0) is 43.8 Å². The van der Waals surface area contributed by atoms with E-state index in [1.165, 1.54) is 11.8 Å². The van der Waals surface area contributed by atoms with E-state index in [9.17, 15) is 9.90 Å². The summed E-state index contributed by atoms with van der Waals surface area (Å²) >= 11 is 10.6. The maximum Gasteiger partial charge on any atom is 0.266 e. The molecule has 1 amide bonds. The first-order valence-electron chi connectivity index (χ1n) is 6.41. The number of aromatic hydroxyl groups is 1. The van der Waals surface area contributed by atoms with E-state index in [1.54, 1.807) is 23.1 Å².